The van der Waals surface area contributed by atoms with Crippen molar-refractivity contribution < 1.29 is 19.0 Å². The summed E-state index contributed by atoms with van der Waals surface area (Å²) in [6, 6.07) is 15.0. The van der Waals surface area contributed by atoms with Gasteiger partial charge in [0.15, 0.2) is 6.10 Å². The molecule has 5 nitrogen and oxygen atoms in total. The number of carbonyl (C=O) groups excluding carboxylic acids is 1. The van der Waals surface area contributed by atoms with E-state index in [9.17, 15) is 4.79 Å². The van der Waals surface area contributed by atoms with E-state index >= 15 is 0 Å². The first-order chi connectivity index (χ1) is 13.5. The second kappa shape index (κ2) is 9.30. The second-order valence-corrected chi connectivity index (χ2v) is 7.49. The molecule has 1 saturated heterocycles. The van der Waals surface area contributed by atoms with E-state index in [2.05, 4.69) is 11.4 Å². The fourth-order valence-electron chi connectivity index (χ4n) is 3.46. The van der Waals surface area contributed by atoms with E-state index in [1.165, 1.54) is 0 Å². The lowest BCUT2D eigenvalue weighted by atomic mass is 9.74. The number of rotatable bonds is 7. The third-order valence-electron chi connectivity index (χ3n) is 5.23. The standard InChI is InChI=1S/C22H26ClNO4/c1-16(28-20-8-6-19(26-2)7-9-20)21(25)24-15-22(10-12-27-13-11-22)17-4-3-5-18(23)14-17/h3-9,14,16H,10-13,15H2,1-2H3,(H,24,25). The number of hydrogen-bond donors (Lipinski definition) is 1. The van der Waals surface area contributed by atoms with Gasteiger partial charge in [-0.3, -0.25) is 4.79 Å². The minimum atomic E-state index is -0.607. The van der Waals surface area contributed by atoms with Crippen LogP contribution in [-0.4, -0.2) is 38.9 Å². The van der Waals surface area contributed by atoms with Crippen molar-refractivity contribution in [2.45, 2.75) is 31.3 Å². The summed E-state index contributed by atoms with van der Waals surface area (Å²) in [4.78, 5) is 12.6. The van der Waals surface area contributed by atoms with Gasteiger partial charge in [-0.25, -0.2) is 0 Å². The molecule has 1 unspecified atom stereocenters. The van der Waals surface area contributed by atoms with Gasteiger partial charge in [0.05, 0.1) is 7.11 Å². The Balaban J connectivity index is 1.64. The lowest BCUT2D eigenvalue weighted by Gasteiger charge is -2.38. The van der Waals surface area contributed by atoms with E-state index < -0.39 is 6.10 Å². The summed E-state index contributed by atoms with van der Waals surface area (Å²) in [6.45, 7) is 3.60. The summed E-state index contributed by atoms with van der Waals surface area (Å²) in [5.74, 6) is 1.22. The van der Waals surface area contributed by atoms with E-state index in [1.807, 2.05) is 18.2 Å². The molecule has 3 rings (SSSR count). The van der Waals surface area contributed by atoms with Gasteiger partial charge in [0, 0.05) is 30.2 Å². The fourth-order valence-corrected chi connectivity index (χ4v) is 3.65. The third-order valence-corrected chi connectivity index (χ3v) is 5.46. The Morgan fingerprint density at radius 1 is 1.18 bits per heavy atom. The predicted octanol–water partition coefficient (Wildman–Crippen LogP) is 3.98. The van der Waals surface area contributed by atoms with Crippen LogP contribution in [0.3, 0.4) is 0 Å². The lowest BCUT2D eigenvalue weighted by molar-refractivity contribution is -0.127. The van der Waals surface area contributed by atoms with Crippen molar-refractivity contribution in [1.82, 2.24) is 5.32 Å². The molecule has 0 aliphatic carbocycles. The number of amides is 1. The van der Waals surface area contributed by atoms with Crippen molar-refractivity contribution in [3.8, 4) is 11.5 Å². The zero-order valence-corrected chi connectivity index (χ0v) is 17.0. The molecular weight excluding hydrogens is 378 g/mol. The molecule has 0 saturated carbocycles. The SMILES string of the molecule is COc1ccc(OC(C)C(=O)NCC2(c3cccc(Cl)c3)CCOCC2)cc1. The molecule has 2 aromatic rings. The Morgan fingerprint density at radius 3 is 2.50 bits per heavy atom. The van der Waals surface area contributed by atoms with Crippen LogP contribution in [-0.2, 0) is 14.9 Å². The van der Waals surface area contributed by atoms with Crippen LogP contribution >= 0.6 is 11.6 Å². The molecular formula is C22H26ClNO4. The smallest absolute Gasteiger partial charge is 0.260 e. The third kappa shape index (κ3) is 4.97. The molecule has 1 N–H and O–H groups in total. The quantitative estimate of drug-likeness (QED) is 0.759. The molecule has 1 atom stereocenters. The average Bonchev–Trinajstić information content (AvgIpc) is 2.73. The van der Waals surface area contributed by atoms with Crippen molar-refractivity contribution in [3.05, 3.63) is 59.1 Å². The highest BCUT2D eigenvalue weighted by Gasteiger charge is 2.35. The van der Waals surface area contributed by atoms with E-state index in [4.69, 9.17) is 25.8 Å². The van der Waals surface area contributed by atoms with Crippen LogP contribution < -0.4 is 14.8 Å². The predicted molar refractivity (Wildman–Crippen MR) is 109 cm³/mol. The zero-order valence-electron chi connectivity index (χ0n) is 16.2. The van der Waals surface area contributed by atoms with Gasteiger partial charge in [0.1, 0.15) is 11.5 Å². The molecule has 150 valence electrons. The van der Waals surface area contributed by atoms with Gasteiger partial charge >= 0.3 is 0 Å². The van der Waals surface area contributed by atoms with Gasteiger partial charge in [-0.05, 0) is 61.7 Å². The van der Waals surface area contributed by atoms with Gasteiger partial charge in [0.2, 0.25) is 0 Å². The molecule has 0 aromatic heterocycles. The molecule has 28 heavy (non-hydrogen) atoms. The molecule has 0 bridgehead atoms. The summed E-state index contributed by atoms with van der Waals surface area (Å²) in [6.07, 6.45) is 1.06. The maximum Gasteiger partial charge on any atom is 0.260 e. The molecule has 2 aromatic carbocycles. The number of halogens is 1. The summed E-state index contributed by atoms with van der Waals surface area (Å²) < 4.78 is 16.4. The Labute approximate surface area is 170 Å². The van der Waals surface area contributed by atoms with Gasteiger partial charge in [-0.2, -0.15) is 0 Å². The van der Waals surface area contributed by atoms with Crippen LogP contribution in [0, 0.1) is 0 Å². The summed E-state index contributed by atoms with van der Waals surface area (Å²) in [7, 11) is 1.61. The number of hydrogen-bond acceptors (Lipinski definition) is 4. The molecule has 1 aliphatic rings. The minimum Gasteiger partial charge on any atom is -0.497 e. The molecule has 0 radical (unpaired) electrons. The highest BCUT2D eigenvalue weighted by atomic mass is 35.5. The van der Waals surface area contributed by atoms with Crippen molar-refractivity contribution in [2.24, 2.45) is 0 Å². The molecule has 1 heterocycles. The van der Waals surface area contributed by atoms with Gasteiger partial charge in [0.25, 0.3) is 5.91 Å². The van der Waals surface area contributed by atoms with Crippen LogP contribution in [0.5, 0.6) is 11.5 Å². The number of nitrogens with one attached hydrogen (secondary N) is 1. The summed E-state index contributed by atoms with van der Waals surface area (Å²) in [5, 5.41) is 3.77. The van der Waals surface area contributed by atoms with E-state index in [0.29, 0.717) is 30.5 Å². The number of benzene rings is 2. The highest BCUT2D eigenvalue weighted by molar-refractivity contribution is 6.30. The van der Waals surface area contributed by atoms with Crippen LogP contribution in [0.25, 0.3) is 0 Å². The fraction of sp³-hybridized carbons (Fsp3) is 0.409. The van der Waals surface area contributed by atoms with Gasteiger partial charge in [-0.1, -0.05) is 23.7 Å². The van der Waals surface area contributed by atoms with E-state index in [-0.39, 0.29) is 11.3 Å². The number of methoxy groups -OCH3 is 1. The van der Waals surface area contributed by atoms with Crippen LogP contribution in [0.1, 0.15) is 25.3 Å². The number of carbonyl (C=O) groups is 1. The number of ether oxygens (including phenoxy) is 3. The van der Waals surface area contributed by atoms with Crippen molar-refractivity contribution in [1.29, 1.82) is 0 Å². The first-order valence-electron chi connectivity index (χ1n) is 9.45. The monoisotopic (exact) mass is 403 g/mol. The molecule has 0 spiro atoms. The van der Waals surface area contributed by atoms with Crippen LogP contribution in [0.4, 0.5) is 0 Å². The van der Waals surface area contributed by atoms with Crippen LogP contribution in [0.2, 0.25) is 5.02 Å². The Hall–Kier alpha value is -2.24. The maximum atomic E-state index is 12.6. The average molecular weight is 404 g/mol. The molecule has 1 fully saturated rings. The van der Waals surface area contributed by atoms with Crippen molar-refractivity contribution >= 4 is 17.5 Å². The Kier molecular flexibility index (Phi) is 6.81. The van der Waals surface area contributed by atoms with Crippen molar-refractivity contribution in [3.63, 3.8) is 0 Å². The zero-order chi connectivity index (χ0) is 20.0. The Morgan fingerprint density at radius 2 is 1.86 bits per heavy atom. The van der Waals surface area contributed by atoms with Gasteiger partial charge < -0.3 is 19.5 Å². The highest BCUT2D eigenvalue weighted by Crippen LogP contribution is 2.35. The first-order valence-corrected chi connectivity index (χ1v) is 9.82. The topological polar surface area (TPSA) is 56.8 Å². The first kappa shape index (κ1) is 20.5. The van der Waals surface area contributed by atoms with E-state index in [0.717, 1.165) is 24.2 Å². The molecule has 6 heteroatoms. The van der Waals surface area contributed by atoms with E-state index in [1.54, 1.807) is 38.3 Å². The second-order valence-electron chi connectivity index (χ2n) is 7.06. The Bertz CT molecular complexity index is 787. The normalized spacial score (nSPS) is 16.8. The molecule has 1 aliphatic heterocycles. The maximum absolute atomic E-state index is 12.6. The largest absolute Gasteiger partial charge is 0.497 e. The molecule has 1 amide bonds. The van der Waals surface area contributed by atoms with Crippen molar-refractivity contribution in [2.75, 3.05) is 26.9 Å². The van der Waals surface area contributed by atoms with Gasteiger partial charge in [-0.15, -0.1) is 0 Å². The summed E-state index contributed by atoms with van der Waals surface area (Å²) in [5.41, 5.74) is 0.950. The van der Waals surface area contributed by atoms with Crippen LogP contribution in [0.15, 0.2) is 48.5 Å². The summed E-state index contributed by atoms with van der Waals surface area (Å²) >= 11 is 6.20. The lowest BCUT2D eigenvalue weighted by Crippen LogP contribution is -2.47. The minimum absolute atomic E-state index is 0.149.